The van der Waals surface area contributed by atoms with Crippen LogP contribution in [0.15, 0.2) is 85.1 Å². The lowest BCUT2D eigenvalue weighted by molar-refractivity contribution is 0.0734. The monoisotopic (exact) mass is 535 g/mol. The summed E-state index contributed by atoms with van der Waals surface area (Å²) >= 11 is 0. The minimum absolute atomic E-state index is 0.206. The number of nitrogens with zero attached hydrogens (tertiary/aromatic N) is 1. The van der Waals surface area contributed by atoms with Gasteiger partial charge in [0.2, 0.25) is 0 Å². The number of rotatable bonds is 8. The molecule has 0 saturated carbocycles. The molecule has 3 aromatic carbocycles. The second kappa shape index (κ2) is 11.1. The van der Waals surface area contributed by atoms with Crippen LogP contribution in [0.1, 0.15) is 35.5 Å². The molecule has 0 radical (unpaired) electrons. The van der Waals surface area contributed by atoms with Gasteiger partial charge in [0.1, 0.15) is 17.2 Å². The number of carbonyl (C=O) groups excluding carboxylic acids is 1. The predicted octanol–water partition coefficient (Wildman–Crippen LogP) is 6.99. The van der Waals surface area contributed by atoms with E-state index in [1.165, 1.54) is 11.8 Å². The molecule has 204 valence electrons. The first-order valence-corrected chi connectivity index (χ1v) is 13.1. The molecule has 0 fully saturated rings. The average Bonchev–Trinajstić information content (AvgIpc) is 2.95. The molecule has 0 amide bonds. The number of para-hydroxylation sites is 2. The molecule has 1 aliphatic heterocycles. The Hall–Kier alpha value is -4.78. The molecule has 7 nitrogen and oxygen atoms in total. The maximum absolute atomic E-state index is 12.6. The number of pyridine rings is 1. The number of fused-ring (bicyclic) bond motifs is 1. The van der Waals surface area contributed by atoms with E-state index in [-0.39, 0.29) is 5.54 Å². The smallest absolute Gasteiger partial charge is 0.345 e. The number of methoxy groups -OCH3 is 2. The van der Waals surface area contributed by atoms with Crippen molar-refractivity contribution in [2.75, 3.05) is 31.4 Å². The van der Waals surface area contributed by atoms with Crippen molar-refractivity contribution in [3.8, 4) is 28.4 Å². The van der Waals surface area contributed by atoms with Gasteiger partial charge in [0.25, 0.3) is 0 Å². The van der Waals surface area contributed by atoms with E-state index in [0.717, 1.165) is 39.5 Å². The summed E-state index contributed by atoms with van der Waals surface area (Å²) in [4.78, 5) is 16.8. The Bertz CT molecular complexity index is 1580. The van der Waals surface area contributed by atoms with E-state index in [1.54, 1.807) is 38.5 Å². The van der Waals surface area contributed by atoms with Crippen LogP contribution in [0.3, 0.4) is 0 Å². The van der Waals surface area contributed by atoms with Crippen molar-refractivity contribution in [2.24, 2.45) is 0 Å². The lowest BCUT2D eigenvalue weighted by atomic mass is 9.88. The largest absolute Gasteiger partial charge is 0.496 e. The molecule has 1 aliphatic rings. The van der Waals surface area contributed by atoms with Crippen molar-refractivity contribution in [3.05, 3.63) is 102 Å². The minimum Gasteiger partial charge on any atom is -0.496 e. The number of benzene rings is 3. The van der Waals surface area contributed by atoms with Crippen LogP contribution in [0.4, 0.5) is 11.4 Å². The first-order valence-electron chi connectivity index (χ1n) is 13.1. The van der Waals surface area contributed by atoms with Gasteiger partial charge in [-0.2, -0.15) is 0 Å². The number of aromatic nitrogens is 1. The number of anilines is 2. The van der Waals surface area contributed by atoms with Crippen LogP contribution in [-0.2, 0) is 0 Å². The summed E-state index contributed by atoms with van der Waals surface area (Å²) in [6.07, 6.45) is 3.76. The summed E-state index contributed by atoms with van der Waals surface area (Å²) < 4.78 is 16.8. The van der Waals surface area contributed by atoms with Crippen LogP contribution in [0.25, 0.3) is 16.7 Å². The van der Waals surface area contributed by atoms with E-state index >= 15 is 0 Å². The van der Waals surface area contributed by atoms with E-state index in [2.05, 4.69) is 53.7 Å². The summed E-state index contributed by atoms with van der Waals surface area (Å²) in [5.41, 5.74) is 7.16. The zero-order valence-electron chi connectivity index (χ0n) is 23.4. The van der Waals surface area contributed by atoms with Crippen molar-refractivity contribution in [1.29, 1.82) is 0 Å². The molecule has 0 aliphatic carbocycles. The third-order valence-electron chi connectivity index (χ3n) is 6.78. The molecule has 2 heterocycles. The lowest BCUT2D eigenvalue weighted by Crippen LogP contribution is -2.32. The zero-order chi connectivity index (χ0) is 28.3. The van der Waals surface area contributed by atoms with Crippen LogP contribution in [0, 0.1) is 6.92 Å². The molecule has 0 saturated heterocycles. The lowest BCUT2D eigenvalue weighted by Gasteiger charge is -2.33. The number of aryl methyl sites for hydroxylation is 1. The van der Waals surface area contributed by atoms with Gasteiger partial charge in [0.05, 0.1) is 31.0 Å². The molecular weight excluding hydrogens is 502 g/mol. The van der Waals surface area contributed by atoms with Gasteiger partial charge in [0.15, 0.2) is 0 Å². The van der Waals surface area contributed by atoms with Gasteiger partial charge in [-0.3, -0.25) is 4.98 Å². The normalized spacial score (nSPS) is 13.4. The number of carbonyl (C=O) groups is 1. The highest BCUT2D eigenvalue weighted by Crippen LogP contribution is 2.40. The van der Waals surface area contributed by atoms with Gasteiger partial charge < -0.3 is 24.8 Å². The van der Waals surface area contributed by atoms with Gasteiger partial charge in [-0.05, 0) is 80.4 Å². The predicted molar refractivity (Wildman–Crippen MR) is 160 cm³/mol. The van der Waals surface area contributed by atoms with Crippen LogP contribution >= 0.6 is 0 Å². The van der Waals surface area contributed by atoms with E-state index in [0.29, 0.717) is 23.6 Å². The Kier molecular flexibility index (Phi) is 7.47. The van der Waals surface area contributed by atoms with E-state index in [1.807, 2.05) is 37.3 Å². The maximum Gasteiger partial charge on any atom is 0.345 e. The summed E-state index contributed by atoms with van der Waals surface area (Å²) in [5.74, 6) is 1.33. The average molecular weight is 536 g/mol. The fourth-order valence-electron chi connectivity index (χ4n) is 4.84. The van der Waals surface area contributed by atoms with Crippen molar-refractivity contribution >= 4 is 22.9 Å². The first kappa shape index (κ1) is 26.8. The molecule has 7 heteroatoms. The molecule has 5 rings (SSSR count). The van der Waals surface area contributed by atoms with E-state index < -0.39 is 5.97 Å². The summed E-state index contributed by atoms with van der Waals surface area (Å²) in [7, 11) is 3.29. The minimum atomic E-state index is -0.470. The van der Waals surface area contributed by atoms with Crippen molar-refractivity contribution in [3.63, 3.8) is 0 Å². The van der Waals surface area contributed by atoms with Crippen LogP contribution < -0.4 is 24.8 Å². The first-order chi connectivity index (χ1) is 19.3. The molecule has 4 aromatic rings. The number of hydrogen-bond donors (Lipinski definition) is 2. The third kappa shape index (κ3) is 5.78. The maximum atomic E-state index is 12.6. The quantitative estimate of drug-likeness (QED) is 0.186. The number of esters is 1. The zero-order valence-corrected chi connectivity index (χ0v) is 23.4. The Morgan fingerprint density at radius 2 is 1.73 bits per heavy atom. The van der Waals surface area contributed by atoms with Crippen LogP contribution in [0.5, 0.6) is 17.2 Å². The summed E-state index contributed by atoms with van der Waals surface area (Å²) in [6.45, 7) is 6.80. The number of nitrogens with one attached hydrogen (secondary N) is 2. The van der Waals surface area contributed by atoms with Gasteiger partial charge in [-0.1, -0.05) is 24.3 Å². The highest BCUT2D eigenvalue weighted by atomic mass is 16.5. The highest BCUT2D eigenvalue weighted by molar-refractivity contribution is 5.91. The Morgan fingerprint density at radius 1 is 0.925 bits per heavy atom. The van der Waals surface area contributed by atoms with E-state index in [4.69, 9.17) is 14.2 Å². The number of ether oxygens (including phenoxy) is 3. The van der Waals surface area contributed by atoms with Gasteiger partial charge in [-0.15, -0.1) is 0 Å². The molecular formula is C33H33N3O4. The van der Waals surface area contributed by atoms with Gasteiger partial charge >= 0.3 is 5.97 Å². The SMILES string of the molecule is COc1ccccc1NCC1=CC(C)(C)Nc2ccc(-c3ccc(OC(=O)c4ccc(C)nc4)cc3OC)cc21. The third-order valence-corrected chi connectivity index (χ3v) is 6.78. The Labute approximate surface area is 234 Å². The van der Waals surface area contributed by atoms with E-state index in [9.17, 15) is 4.79 Å². The second-order valence-corrected chi connectivity index (χ2v) is 10.3. The number of hydrogen-bond acceptors (Lipinski definition) is 7. The molecule has 1 aromatic heterocycles. The van der Waals surface area contributed by atoms with Crippen LogP contribution in [0.2, 0.25) is 0 Å². The summed E-state index contributed by atoms with van der Waals surface area (Å²) in [6, 6.07) is 23.1. The van der Waals surface area contributed by atoms with Crippen LogP contribution in [-0.4, -0.2) is 37.3 Å². The molecule has 40 heavy (non-hydrogen) atoms. The topological polar surface area (TPSA) is 81.7 Å². The van der Waals surface area contributed by atoms with Crippen molar-refractivity contribution < 1.29 is 19.0 Å². The Morgan fingerprint density at radius 3 is 2.48 bits per heavy atom. The second-order valence-electron chi connectivity index (χ2n) is 10.3. The molecule has 2 N–H and O–H groups in total. The highest BCUT2D eigenvalue weighted by Gasteiger charge is 2.25. The summed E-state index contributed by atoms with van der Waals surface area (Å²) in [5, 5.41) is 7.16. The van der Waals surface area contributed by atoms with Gasteiger partial charge in [-0.25, -0.2) is 4.79 Å². The molecule has 0 atom stereocenters. The Balaban J connectivity index is 1.42. The fourth-order valence-corrected chi connectivity index (χ4v) is 4.84. The fraction of sp³-hybridized carbons (Fsp3) is 0.212. The molecule has 0 spiro atoms. The van der Waals surface area contributed by atoms with Crippen molar-refractivity contribution in [1.82, 2.24) is 4.98 Å². The van der Waals surface area contributed by atoms with Gasteiger partial charge in [0, 0.05) is 41.3 Å². The van der Waals surface area contributed by atoms with Crippen molar-refractivity contribution in [2.45, 2.75) is 26.3 Å². The molecule has 0 bridgehead atoms. The standard InChI is InChI=1S/C33H33N3O4/c1-21-10-11-23(19-34-21)32(37)40-25-13-14-26(31(17-25)39-5)22-12-15-28-27(16-22)24(18-33(2,3)36-28)20-35-29-8-6-7-9-30(29)38-4/h6-19,35-36H,20H2,1-5H3. The molecule has 0 unspecified atom stereocenters.